The van der Waals surface area contributed by atoms with E-state index in [4.69, 9.17) is 4.84 Å². The molecular weight excluding hydrogens is 168 g/mol. The molecule has 1 amide bonds. The maximum absolute atomic E-state index is 11.4. The highest BCUT2D eigenvalue weighted by Crippen LogP contribution is 2.44. The lowest BCUT2D eigenvalue weighted by Gasteiger charge is -2.31. The van der Waals surface area contributed by atoms with E-state index in [9.17, 15) is 4.79 Å². The third-order valence-corrected chi connectivity index (χ3v) is 3.63. The maximum Gasteiger partial charge on any atom is 0.248 e. The molecule has 0 aliphatic carbocycles. The van der Waals surface area contributed by atoms with Gasteiger partial charge in [-0.2, -0.15) is 0 Å². The van der Waals surface area contributed by atoms with Gasteiger partial charge in [0.05, 0.1) is 6.42 Å². The Kier molecular flexibility index (Phi) is 1.34. The van der Waals surface area contributed by atoms with Crippen molar-refractivity contribution in [3.63, 3.8) is 0 Å². The molecule has 3 atom stereocenters. The second kappa shape index (κ2) is 2.25. The first-order valence-electron chi connectivity index (χ1n) is 4.88. The average molecular weight is 182 g/mol. The molecule has 4 nitrogen and oxygen atoms in total. The van der Waals surface area contributed by atoms with Crippen LogP contribution in [0, 0.1) is 5.92 Å². The Morgan fingerprint density at radius 2 is 2.46 bits per heavy atom. The summed E-state index contributed by atoms with van der Waals surface area (Å²) >= 11 is 0. The van der Waals surface area contributed by atoms with Gasteiger partial charge in [0, 0.05) is 26.1 Å². The molecule has 3 rings (SSSR count). The molecule has 1 spiro atoms. The molecule has 0 saturated carbocycles. The van der Waals surface area contributed by atoms with Crippen LogP contribution in [0.15, 0.2) is 0 Å². The fraction of sp³-hybridized carbons (Fsp3) is 0.889. The van der Waals surface area contributed by atoms with Crippen LogP contribution in [0.2, 0.25) is 0 Å². The summed E-state index contributed by atoms with van der Waals surface area (Å²) in [4.78, 5) is 19.5. The SMILES string of the molecule is CN1OC2(CC1=O)CN1CCC2C1. The zero-order valence-electron chi connectivity index (χ0n) is 7.82. The largest absolute Gasteiger partial charge is 0.300 e. The van der Waals surface area contributed by atoms with Crippen molar-refractivity contribution >= 4 is 5.91 Å². The first-order valence-corrected chi connectivity index (χ1v) is 4.88. The number of carbonyl (C=O) groups is 1. The quantitative estimate of drug-likeness (QED) is 0.522. The third-order valence-electron chi connectivity index (χ3n) is 3.63. The van der Waals surface area contributed by atoms with Gasteiger partial charge in [0.25, 0.3) is 0 Å². The second-order valence-corrected chi connectivity index (χ2v) is 4.44. The lowest BCUT2D eigenvalue weighted by molar-refractivity contribution is -0.197. The first-order chi connectivity index (χ1) is 6.20. The molecule has 0 aromatic heterocycles. The zero-order chi connectivity index (χ0) is 9.05. The molecular formula is C9H14N2O2. The van der Waals surface area contributed by atoms with Gasteiger partial charge in [-0.25, -0.2) is 5.06 Å². The highest BCUT2D eigenvalue weighted by molar-refractivity contribution is 5.78. The number of carbonyl (C=O) groups excluding carboxylic acids is 1. The van der Waals surface area contributed by atoms with Crippen LogP contribution in [-0.2, 0) is 9.63 Å². The maximum atomic E-state index is 11.4. The fourth-order valence-electron chi connectivity index (χ4n) is 2.94. The van der Waals surface area contributed by atoms with Crippen LogP contribution in [0.25, 0.3) is 0 Å². The van der Waals surface area contributed by atoms with Crippen molar-refractivity contribution in [1.82, 2.24) is 9.96 Å². The standard InChI is InChI=1S/C9H14N2O2/c1-10-8(12)4-9(13-10)6-11-3-2-7(9)5-11/h7H,2-6H2,1H3. The lowest BCUT2D eigenvalue weighted by Crippen LogP contribution is -2.42. The molecule has 3 saturated heterocycles. The molecule has 0 radical (unpaired) electrons. The number of nitrogens with zero attached hydrogens (tertiary/aromatic N) is 2. The smallest absolute Gasteiger partial charge is 0.248 e. The fourth-order valence-corrected chi connectivity index (χ4v) is 2.94. The van der Waals surface area contributed by atoms with Gasteiger partial charge in [-0.1, -0.05) is 0 Å². The molecule has 2 bridgehead atoms. The Morgan fingerprint density at radius 3 is 2.92 bits per heavy atom. The Hall–Kier alpha value is -0.610. The van der Waals surface area contributed by atoms with Crippen LogP contribution < -0.4 is 0 Å². The summed E-state index contributed by atoms with van der Waals surface area (Å²) in [5.41, 5.74) is -0.149. The van der Waals surface area contributed by atoms with E-state index < -0.39 is 0 Å². The first kappa shape index (κ1) is 7.76. The summed E-state index contributed by atoms with van der Waals surface area (Å²) < 4.78 is 0. The average Bonchev–Trinajstić information content (AvgIpc) is 2.68. The summed E-state index contributed by atoms with van der Waals surface area (Å²) in [5, 5.41) is 1.42. The Morgan fingerprint density at radius 1 is 1.62 bits per heavy atom. The third kappa shape index (κ3) is 0.901. The Labute approximate surface area is 77.4 Å². The minimum atomic E-state index is -0.149. The molecule has 3 aliphatic rings. The molecule has 3 fully saturated rings. The molecule has 72 valence electrons. The number of hydroxylamine groups is 2. The molecule has 0 aromatic carbocycles. The van der Waals surface area contributed by atoms with Crippen LogP contribution >= 0.6 is 0 Å². The number of amides is 1. The number of fused-ring (bicyclic) bond motifs is 3. The summed E-state index contributed by atoms with van der Waals surface area (Å²) in [6.07, 6.45) is 1.78. The van der Waals surface area contributed by atoms with E-state index in [0.717, 1.165) is 13.1 Å². The van der Waals surface area contributed by atoms with Gasteiger partial charge in [0.15, 0.2) is 0 Å². The number of hydrogen-bond donors (Lipinski definition) is 0. The minimum Gasteiger partial charge on any atom is -0.300 e. The van der Waals surface area contributed by atoms with Crippen molar-refractivity contribution in [1.29, 1.82) is 0 Å². The zero-order valence-corrected chi connectivity index (χ0v) is 7.82. The van der Waals surface area contributed by atoms with Crippen molar-refractivity contribution in [2.24, 2.45) is 5.92 Å². The van der Waals surface area contributed by atoms with Gasteiger partial charge in [0.1, 0.15) is 5.60 Å². The summed E-state index contributed by atoms with van der Waals surface area (Å²) in [5.74, 6) is 0.718. The van der Waals surface area contributed by atoms with Crippen molar-refractivity contribution in [2.75, 3.05) is 26.7 Å². The van der Waals surface area contributed by atoms with Crippen molar-refractivity contribution in [3.05, 3.63) is 0 Å². The van der Waals surface area contributed by atoms with Gasteiger partial charge in [-0.05, 0) is 13.0 Å². The van der Waals surface area contributed by atoms with Crippen LogP contribution in [0.5, 0.6) is 0 Å². The Balaban J connectivity index is 1.88. The van der Waals surface area contributed by atoms with Gasteiger partial charge >= 0.3 is 0 Å². The van der Waals surface area contributed by atoms with E-state index in [1.807, 2.05) is 0 Å². The highest BCUT2D eigenvalue weighted by Gasteiger charge is 2.57. The van der Waals surface area contributed by atoms with Crippen LogP contribution in [0.4, 0.5) is 0 Å². The van der Waals surface area contributed by atoms with E-state index in [0.29, 0.717) is 12.3 Å². The molecule has 3 aliphatic heterocycles. The van der Waals surface area contributed by atoms with E-state index in [1.54, 1.807) is 7.05 Å². The van der Waals surface area contributed by atoms with Gasteiger partial charge < -0.3 is 0 Å². The summed E-state index contributed by atoms with van der Waals surface area (Å²) in [6, 6.07) is 0. The van der Waals surface area contributed by atoms with Crippen LogP contribution in [0.3, 0.4) is 0 Å². The molecule has 3 unspecified atom stereocenters. The van der Waals surface area contributed by atoms with Gasteiger partial charge in [-0.15, -0.1) is 0 Å². The lowest BCUT2D eigenvalue weighted by atomic mass is 9.85. The summed E-state index contributed by atoms with van der Waals surface area (Å²) in [7, 11) is 1.72. The molecule has 3 heterocycles. The highest BCUT2D eigenvalue weighted by atomic mass is 16.7. The van der Waals surface area contributed by atoms with Crippen molar-refractivity contribution in [2.45, 2.75) is 18.4 Å². The number of rotatable bonds is 0. The van der Waals surface area contributed by atoms with Gasteiger partial charge in [-0.3, -0.25) is 14.5 Å². The summed E-state index contributed by atoms with van der Waals surface area (Å²) in [6.45, 7) is 3.27. The van der Waals surface area contributed by atoms with E-state index in [1.165, 1.54) is 18.0 Å². The second-order valence-electron chi connectivity index (χ2n) is 4.44. The normalized spacial score (nSPS) is 48.4. The van der Waals surface area contributed by atoms with E-state index >= 15 is 0 Å². The van der Waals surface area contributed by atoms with Crippen LogP contribution in [-0.4, -0.2) is 48.2 Å². The Bertz CT molecular complexity index is 268. The van der Waals surface area contributed by atoms with Crippen molar-refractivity contribution in [3.8, 4) is 0 Å². The van der Waals surface area contributed by atoms with Crippen LogP contribution in [0.1, 0.15) is 12.8 Å². The minimum absolute atomic E-state index is 0.133. The molecule has 13 heavy (non-hydrogen) atoms. The predicted octanol–water partition coefficient (Wildman–Crippen LogP) is -0.146. The molecule has 4 heteroatoms. The molecule has 0 N–H and O–H groups in total. The predicted molar refractivity (Wildman–Crippen MR) is 45.8 cm³/mol. The van der Waals surface area contributed by atoms with Gasteiger partial charge in [0.2, 0.25) is 5.91 Å². The topological polar surface area (TPSA) is 32.8 Å². The number of hydrogen-bond acceptors (Lipinski definition) is 3. The van der Waals surface area contributed by atoms with E-state index in [2.05, 4.69) is 4.90 Å². The number of piperidine rings is 1. The molecule has 0 aromatic rings. The monoisotopic (exact) mass is 182 g/mol. The van der Waals surface area contributed by atoms with E-state index in [-0.39, 0.29) is 11.5 Å². The van der Waals surface area contributed by atoms with Crippen molar-refractivity contribution < 1.29 is 9.63 Å².